The van der Waals surface area contributed by atoms with Crippen LogP contribution in [0.3, 0.4) is 0 Å². The highest BCUT2D eigenvalue weighted by molar-refractivity contribution is 8.01. The normalized spacial score (nSPS) is 19.3. The molecule has 7 amide bonds. The first kappa shape index (κ1) is 74.7. The third-order valence-corrected chi connectivity index (χ3v) is 19.1. The number of carboxylic acid groups (broad SMARTS) is 3. The van der Waals surface area contributed by atoms with E-state index in [4.69, 9.17) is 4.74 Å². The zero-order valence-electron chi connectivity index (χ0n) is 54.4. The van der Waals surface area contributed by atoms with Crippen molar-refractivity contribution in [1.82, 2.24) is 55.2 Å². The Morgan fingerprint density at radius 3 is 1.99 bits per heavy atom. The molecule has 5 heterocycles. The molecule has 0 saturated carbocycles. The highest BCUT2D eigenvalue weighted by atomic mass is 32.2. The molecule has 7 rings (SSSR count). The standard InChI is InChI=1S/C66H92F2N12O14S/c1-46-12-14-47(15-13-46)8-6-11-56(81)71-21-5-3-4-10-51(38-72-57(82)40-74-25-27-75(42-61(86)87)29-31-77(44-63(90)91)32-30-76(28-26-74)43-62(88)89)95-55-35-58(83)79(65(55)93)41-60(85)78-23-19-48(20-24-78)9-7-33-94-50-16-17-54-53(34-50)52(18-22-70-54)64(92)73-39-59(84)80-45-66(67,68)36-49(80)37-69-2/h12-18,22,34,37,48-49,51,55H,3-11,19-21,23-33,35-36,38-45H2,1-2H3,(H,71,81)(H,72,82)(H,73,92)(H,86,87)(H,88,89)(H,90,91)/b69-37+/t49-,51-,55?/m1/s1. The van der Waals surface area contributed by atoms with E-state index in [1.807, 2.05) is 11.8 Å². The number of hydrogen-bond donors (Lipinski definition) is 6. The lowest BCUT2D eigenvalue weighted by Crippen LogP contribution is -2.50. The summed E-state index contributed by atoms with van der Waals surface area (Å²) in [6.45, 7) is 3.02. The number of ether oxygens (including phenoxy) is 1. The average molecular weight is 1350 g/mol. The Balaban J connectivity index is 0.880. The molecule has 520 valence electrons. The maximum atomic E-state index is 14.2. The van der Waals surface area contributed by atoms with E-state index in [0.29, 0.717) is 87.8 Å². The number of aromatic nitrogens is 1. The quantitative estimate of drug-likeness (QED) is 0.0290. The number of likely N-dealkylation sites (tertiary alicyclic amines) is 3. The summed E-state index contributed by atoms with van der Waals surface area (Å²) in [6.07, 6.45) is 9.56. The van der Waals surface area contributed by atoms with Gasteiger partial charge in [0.1, 0.15) is 12.3 Å². The molecule has 26 nitrogen and oxygen atoms in total. The van der Waals surface area contributed by atoms with Crippen LogP contribution >= 0.6 is 11.8 Å². The van der Waals surface area contributed by atoms with Crippen molar-refractivity contribution >= 4 is 88.1 Å². The molecule has 0 spiro atoms. The molecule has 4 saturated heterocycles. The number of aryl methyl sites for hydroxylation is 2. The predicted molar refractivity (Wildman–Crippen MR) is 351 cm³/mol. The van der Waals surface area contributed by atoms with Gasteiger partial charge in [0.25, 0.3) is 11.8 Å². The number of piperidine rings is 1. The fourth-order valence-corrected chi connectivity index (χ4v) is 13.7. The van der Waals surface area contributed by atoms with E-state index in [1.54, 1.807) is 37.8 Å². The van der Waals surface area contributed by atoms with Crippen LogP contribution in [0.5, 0.6) is 5.75 Å². The van der Waals surface area contributed by atoms with Gasteiger partial charge in [-0.3, -0.25) is 82.4 Å². The van der Waals surface area contributed by atoms with Crippen LogP contribution in [0.25, 0.3) is 10.9 Å². The Kier molecular flexibility index (Phi) is 29.5. The molecule has 1 unspecified atom stereocenters. The summed E-state index contributed by atoms with van der Waals surface area (Å²) in [6, 6.07) is 14.0. The van der Waals surface area contributed by atoms with Crippen LogP contribution in [-0.4, -0.2) is 281 Å². The topological polar surface area (TPSA) is 325 Å². The molecule has 3 aromatic rings. The van der Waals surface area contributed by atoms with Gasteiger partial charge in [0, 0.05) is 128 Å². The molecule has 1 aromatic heterocycles. The minimum absolute atomic E-state index is 0.0272. The van der Waals surface area contributed by atoms with Crippen LogP contribution < -0.4 is 20.7 Å². The number of alkyl halides is 2. The zero-order chi connectivity index (χ0) is 68.4. The van der Waals surface area contributed by atoms with Gasteiger partial charge in [0.05, 0.1) is 68.2 Å². The van der Waals surface area contributed by atoms with Crippen LogP contribution in [-0.2, 0) is 49.6 Å². The van der Waals surface area contributed by atoms with Crippen LogP contribution in [0.15, 0.2) is 59.7 Å². The van der Waals surface area contributed by atoms with Gasteiger partial charge in [-0.05, 0) is 94.0 Å². The molecule has 4 aliphatic heterocycles. The third-order valence-electron chi connectivity index (χ3n) is 17.6. The number of pyridine rings is 1. The van der Waals surface area contributed by atoms with E-state index >= 15 is 0 Å². The van der Waals surface area contributed by atoms with Crippen molar-refractivity contribution < 1.29 is 76.8 Å². The van der Waals surface area contributed by atoms with Gasteiger partial charge in [-0.1, -0.05) is 42.7 Å². The molecule has 29 heteroatoms. The van der Waals surface area contributed by atoms with Gasteiger partial charge in [0.15, 0.2) is 0 Å². The lowest BCUT2D eigenvalue weighted by atomic mass is 9.92. The lowest BCUT2D eigenvalue weighted by Gasteiger charge is -2.33. The summed E-state index contributed by atoms with van der Waals surface area (Å²) >= 11 is 1.28. The minimum atomic E-state index is -3.06. The Bertz CT molecular complexity index is 3130. The highest BCUT2D eigenvalue weighted by Crippen LogP contribution is 2.33. The number of unbranched alkanes of at least 4 members (excludes halogenated alkanes) is 2. The number of halogens is 2. The first-order valence-electron chi connectivity index (χ1n) is 32.8. The summed E-state index contributed by atoms with van der Waals surface area (Å²) in [7, 11) is 1.44. The number of rotatable bonds is 33. The van der Waals surface area contributed by atoms with E-state index < -0.39 is 84.8 Å². The van der Waals surface area contributed by atoms with Crippen molar-refractivity contribution in [1.29, 1.82) is 0 Å². The van der Waals surface area contributed by atoms with Crippen molar-refractivity contribution in [2.75, 3.05) is 138 Å². The molecule has 0 bridgehead atoms. The molecule has 6 N–H and O–H groups in total. The maximum Gasteiger partial charge on any atom is 0.317 e. The molecule has 3 atom stereocenters. The number of nitrogens with one attached hydrogen (secondary N) is 3. The third kappa shape index (κ3) is 25.1. The fourth-order valence-electron chi connectivity index (χ4n) is 12.3. The van der Waals surface area contributed by atoms with Gasteiger partial charge >= 0.3 is 17.9 Å². The summed E-state index contributed by atoms with van der Waals surface area (Å²) < 4.78 is 34.4. The van der Waals surface area contributed by atoms with Gasteiger partial charge < -0.3 is 45.8 Å². The Morgan fingerprint density at radius 2 is 1.37 bits per heavy atom. The molecule has 4 fully saturated rings. The van der Waals surface area contributed by atoms with Crippen molar-refractivity contribution in [3.8, 4) is 5.75 Å². The number of benzene rings is 2. The number of aliphatic imine (C=N–C) groups is 1. The number of fused-ring (bicyclic) bond motifs is 1. The number of imide groups is 1. The molecule has 2 aromatic carbocycles. The maximum absolute atomic E-state index is 14.2. The molecule has 0 aliphatic carbocycles. The predicted octanol–water partition coefficient (Wildman–Crippen LogP) is 3.13. The molecular weight excluding hydrogens is 1250 g/mol. The van der Waals surface area contributed by atoms with E-state index in [2.05, 4.69) is 50.2 Å². The average Bonchev–Trinajstić information content (AvgIpc) is 1.79. The van der Waals surface area contributed by atoms with Gasteiger partial charge in [0.2, 0.25) is 35.4 Å². The second-order valence-corrected chi connectivity index (χ2v) is 26.5. The van der Waals surface area contributed by atoms with Crippen molar-refractivity contribution in [2.45, 2.75) is 113 Å². The number of thioether (sulfide) groups is 1. The van der Waals surface area contributed by atoms with Gasteiger partial charge in [-0.25, -0.2) is 8.78 Å². The summed E-state index contributed by atoms with van der Waals surface area (Å²) in [5, 5.41) is 36.8. The molecule has 4 aliphatic rings. The summed E-state index contributed by atoms with van der Waals surface area (Å²) in [5.41, 5.74) is 3.09. The zero-order valence-corrected chi connectivity index (χ0v) is 55.3. The monoisotopic (exact) mass is 1350 g/mol. The van der Waals surface area contributed by atoms with Crippen LogP contribution in [0.4, 0.5) is 8.78 Å². The largest absolute Gasteiger partial charge is 0.494 e. The second kappa shape index (κ2) is 37.5. The van der Waals surface area contributed by atoms with E-state index in [9.17, 15) is 72.0 Å². The molecule has 0 radical (unpaired) electrons. The van der Waals surface area contributed by atoms with Crippen molar-refractivity contribution in [3.05, 3.63) is 71.4 Å². The number of carboxylic acids is 3. The fraction of sp³-hybridized carbons (Fsp3) is 0.606. The summed E-state index contributed by atoms with van der Waals surface area (Å²) in [4.78, 5) is 148. The molecule has 95 heavy (non-hydrogen) atoms. The minimum Gasteiger partial charge on any atom is -0.494 e. The van der Waals surface area contributed by atoms with Gasteiger partial charge in [-0.15, -0.1) is 11.8 Å². The van der Waals surface area contributed by atoms with E-state index in [1.165, 1.54) is 48.4 Å². The van der Waals surface area contributed by atoms with Gasteiger partial charge in [-0.2, -0.15) is 0 Å². The Morgan fingerprint density at radius 1 is 0.737 bits per heavy atom. The highest BCUT2D eigenvalue weighted by Gasteiger charge is 2.46. The van der Waals surface area contributed by atoms with E-state index in [0.717, 1.165) is 35.5 Å². The van der Waals surface area contributed by atoms with Crippen LogP contribution in [0.2, 0.25) is 0 Å². The van der Waals surface area contributed by atoms with Crippen molar-refractivity contribution in [3.63, 3.8) is 0 Å². The number of amides is 7. The number of hydrogen-bond acceptors (Lipinski definition) is 18. The molecular formula is C66H92F2N12O14S. The Hall–Kier alpha value is -7.73. The number of aliphatic carboxylic acids is 3. The van der Waals surface area contributed by atoms with E-state index in [-0.39, 0.29) is 126 Å². The lowest BCUT2D eigenvalue weighted by molar-refractivity contribution is -0.146. The summed E-state index contributed by atoms with van der Waals surface area (Å²) in [5.74, 6) is -8.40. The first-order chi connectivity index (χ1) is 45.5. The number of carbonyl (C=O) groups is 10. The first-order valence-corrected chi connectivity index (χ1v) is 33.8. The smallest absolute Gasteiger partial charge is 0.317 e. The second-order valence-electron chi connectivity index (χ2n) is 25.0. The van der Waals surface area contributed by atoms with Crippen molar-refractivity contribution in [2.24, 2.45) is 10.9 Å². The SMILES string of the molecule is C/N=C/[C@H]1CC(F)(F)CN1C(=O)CNC(=O)c1ccnc2ccc(OCCCC3CCN(C(=O)CN4C(=O)CC(S[C@H](CCCCCNC(=O)CCCc5ccc(C)cc5)CNC(=O)CN5CCN(CC(=O)O)CCN(CC(=O)O)CCN(CC(=O)O)CC5)C4=O)CC3)cc12. The Labute approximate surface area is 556 Å². The number of nitrogens with zero attached hydrogens (tertiary/aromatic N) is 9. The van der Waals surface area contributed by atoms with Crippen LogP contribution in [0.1, 0.15) is 98.5 Å². The van der Waals surface area contributed by atoms with Crippen LogP contribution in [0, 0.1) is 12.8 Å². The number of carbonyl (C=O) groups excluding carboxylic acids is 7.